The molecule has 1 saturated heterocycles. The van der Waals surface area contributed by atoms with Gasteiger partial charge in [-0.05, 0) is 86.0 Å². The molecular weight excluding hydrogens is 368 g/mol. The molecule has 1 N–H and O–H groups in total. The first kappa shape index (κ1) is 18.7. The Labute approximate surface area is 172 Å². The number of nitrogens with one attached hydrogen (secondary N) is 1. The number of carbonyl (C=O) groups is 2. The van der Waals surface area contributed by atoms with Crippen molar-refractivity contribution in [1.29, 1.82) is 0 Å². The predicted octanol–water partition coefficient (Wildman–Crippen LogP) is 4.00. The summed E-state index contributed by atoms with van der Waals surface area (Å²) in [5.41, 5.74) is 0.331. The molecule has 4 nitrogen and oxygen atoms in total. The number of hydrogen-bond donors (Lipinski definition) is 1. The number of rotatable bonds is 5. The van der Waals surface area contributed by atoms with E-state index in [0.29, 0.717) is 17.7 Å². The van der Waals surface area contributed by atoms with Crippen LogP contribution in [0.3, 0.4) is 0 Å². The van der Waals surface area contributed by atoms with Gasteiger partial charge in [0.05, 0.1) is 6.42 Å². The van der Waals surface area contributed by atoms with E-state index >= 15 is 0 Å². The Kier molecular flexibility index (Phi) is 4.98. The fourth-order valence-corrected chi connectivity index (χ4v) is 7.77. The number of hydrogen-bond acceptors (Lipinski definition) is 3. The third-order valence-electron chi connectivity index (χ3n) is 7.82. The Morgan fingerprint density at radius 2 is 1.71 bits per heavy atom. The van der Waals surface area contributed by atoms with E-state index in [9.17, 15) is 9.59 Å². The Bertz CT molecular complexity index is 686. The van der Waals surface area contributed by atoms with Crippen molar-refractivity contribution in [2.75, 3.05) is 13.1 Å². The van der Waals surface area contributed by atoms with Gasteiger partial charge < -0.3 is 10.2 Å². The number of amides is 2. The minimum absolute atomic E-state index is 0.112. The van der Waals surface area contributed by atoms with Crippen LogP contribution in [0, 0.1) is 23.2 Å². The number of thiophene rings is 1. The second-order valence-electron chi connectivity index (χ2n) is 10.1. The summed E-state index contributed by atoms with van der Waals surface area (Å²) in [6, 6.07) is 4.22. The summed E-state index contributed by atoms with van der Waals surface area (Å²) in [5.74, 6) is 3.21. The van der Waals surface area contributed by atoms with Crippen LogP contribution in [0.5, 0.6) is 0 Å². The summed E-state index contributed by atoms with van der Waals surface area (Å²) in [5, 5.41) is 5.18. The lowest BCUT2D eigenvalue weighted by molar-refractivity contribution is -0.140. The van der Waals surface area contributed by atoms with Gasteiger partial charge in [-0.15, -0.1) is 11.3 Å². The zero-order valence-electron chi connectivity index (χ0n) is 16.7. The molecule has 2 heterocycles. The van der Waals surface area contributed by atoms with E-state index in [1.807, 2.05) is 17.5 Å². The molecule has 152 valence electrons. The maximum atomic E-state index is 13.1. The molecule has 1 aromatic rings. The highest BCUT2D eigenvalue weighted by molar-refractivity contribution is 7.10. The zero-order valence-corrected chi connectivity index (χ0v) is 17.5. The minimum atomic E-state index is 0.112. The highest BCUT2D eigenvalue weighted by Crippen LogP contribution is 2.61. The van der Waals surface area contributed by atoms with E-state index in [-0.39, 0.29) is 11.9 Å². The molecule has 1 aromatic heterocycles. The van der Waals surface area contributed by atoms with Crippen molar-refractivity contribution in [2.45, 2.75) is 70.3 Å². The Morgan fingerprint density at radius 1 is 1.07 bits per heavy atom. The van der Waals surface area contributed by atoms with Crippen molar-refractivity contribution in [3.8, 4) is 0 Å². The maximum Gasteiger partial charge on any atom is 0.225 e. The minimum Gasteiger partial charge on any atom is -0.353 e. The van der Waals surface area contributed by atoms with Crippen LogP contribution < -0.4 is 5.32 Å². The van der Waals surface area contributed by atoms with Crippen LogP contribution in [-0.2, 0) is 16.0 Å². The third-order valence-corrected chi connectivity index (χ3v) is 8.70. The molecule has 4 bridgehead atoms. The van der Waals surface area contributed by atoms with Crippen molar-refractivity contribution >= 4 is 23.2 Å². The van der Waals surface area contributed by atoms with Crippen molar-refractivity contribution in [2.24, 2.45) is 23.2 Å². The third kappa shape index (κ3) is 3.87. The van der Waals surface area contributed by atoms with E-state index in [0.717, 1.165) is 55.0 Å². The van der Waals surface area contributed by atoms with Crippen LogP contribution in [0.4, 0.5) is 0 Å². The molecule has 0 atom stereocenters. The first-order valence-corrected chi connectivity index (χ1v) is 12.0. The van der Waals surface area contributed by atoms with Crippen LogP contribution in [0.15, 0.2) is 17.5 Å². The molecule has 4 saturated carbocycles. The van der Waals surface area contributed by atoms with Gasteiger partial charge in [-0.25, -0.2) is 0 Å². The second-order valence-corrected chi connectivity index (χ2v) is 11.1. The average molecular weight is 401 g/mol. The van der Waals surface area contributed by atoms with Gasteiger partial charge in [-0.2, -0.15) is 0 Å². The molecule has 6 rings (SSSR count). The summed E-state index contributed by atoms with van der Waals surface area (Å²) in [6.07, 6.45) is 11.3. The SMILES string of the molecule is O=C(Cc1cccs1)NC1CCN(C(=O)CC23CC4CC(CC(C4)C2)C3)CC1. The van der Waals surface area contributed by atoms with Gasteiger partial charge in [-0.1, -0.05) is 6.07 Å². The zero-order chi connectivity index (χ0) is 19.1. The predicted molar refractivity (Wildman–Crippen MR) is 111 cm³/mol. The molecule has 5 heteroatoms. The average Bonchev–Trinajstić information content (AvgIpc) is 3.13. The fraction of sp³-hybridized carbons (Fsp3) is 0.739. The van der Waals surface area contributed by atoms with Crippen LogP contribution >= 0.6 is 11.3 Å². The van der Waals surface area contributed by atoms with Gasteiger partial charge in [0.15, 0.2) is 0 Å². The van der Waals surface area contributed by atoms with Gasteiger partial charge in [0.1, 0.15) is 0 Å². The highest BCUT2D eigenvalue weighted by Gasteiger charge is 2.51. The maximum absolute atomic E-state index is 13.1. The van der Waals surface area contributed by atoms with E-state index in [2.05, 4.69) is 10.2 Å². The summed E-state index contributed by atoms with van der Waals surface area (Å²) < 4.78 is 0. The monoisotopic (exact) mass is 400 g/mol. The first-order chi connectivity index (χ1) is 13.6. The van der Waals surface area contributed by atoms with Crippen LogP contribution in [0.1, 0.15) is 62.7 Å². The second kappa shape index (κ2) is 7.47. The fourth-order valence-electron chi connectivity index (χ4n) is 7.06. The van der Waals surface area contributed by atoms with Crippen molar-refractivity contribution in [3.63, 3.8) is 0 Å². The van der Waals surface area contributed by atoms with Crippen LogP contribution in [0.2, 0.25) is 0 Å². The van der Waals surface area contributed by atoms with Gasteiger partial charge in [0.25, 0.3) is 0 Å². The smallest absolute Gasteiger partial charge is 0.225 e. The number of likely N-dealkylation sites (tertiary alicyclic amines) is 1. The number of piperidine rings is 1. The Balaban J connectivity index is 1.10. The van der Waals surface area contributed by atoms with Crippen LogP contribution in [-0.4, -0.2) is 35.8 Å². The summed E-state index contributed by atoms with van der Waals surface area (Å²) in [7, 11) is 0. The molecule has 1 aliphatic heterocycles. The molecule has 0 aromatic carbocycles. The standard InChI is InChI=1S/C23H32N2O2S/c26-21(11-20-2-1-7-28-20)24-19-3-5-25(6-4-19)22(27)15-23-12-16-8-17(13-23)10-18(9-16)14-23/h1-2,7,16-19H,3-6,8-15H2,(H,24,26). The number of nitrogens with zero attached hydrogens (tertiary/aromatic N) is 1. The molecular formula is C23H32N2O2S. The molecule has 0 spiro atoms. The molecule has 28 heavy (non-hydrogen) atoms. The lowest BCUT2D eigenvalue weighted by Gasteiger charge is -2.57. The quantitative estimate of drug-likeness (QED) is 0.812. The Morgan fingerprint density at radius 3 is 2.29 bits per heavy atom. The van der Waals surface area contributed by atoms with E-state index in [1.165, 1.54) is 38.5 Å². The largest absolute Gasteiger partial charge is 0.353 e. The first-order valence-electron chi connectivity index (χ1n) is 11.2. The highest BCUT2D eigenvalue weighted by atomic mass is 32.1. The normalized spacial score (nSPS) is 34.6. The van der Waals surface area contributed by atoms with E-state index < -0.39 is 0 Å². The molecule has 5 aliphatic rings. The number of carbonyl (C=O) groups excluding carboxylic acids is 2. The van der Waals surface area contributed by atoms with Gasteiger partial charge in [-0.3, -0.25) is 9.59 Å². The molecule has 0 radical (unpaired) electrons. The van der Waals surface area contributed by atoms with E-state index in [1.54, 1.807) is 11.3 Å². The van der Waals surface area contributed by atoms with Crippen molar-refractivity contribution in [1.82, 2.24) is 10.2 Å². The summed E-state index contributed by atoms with van der Waals surface area (Å²) >= 11 is 1.63. The lowest BCUT2D eigenvalue weighted by atomic mass is 9.49. The lowest BCUT2D eigenvalue weighted by Crippen LogP contribution is -2.50. The molecule has 0 unspecified atom stereocenters. The Hall–Kier alpha value is -1.36. The van der Waals surface area contributed by atoms with E-state index in [4.69, 9.17) is 0 Å². The van der Waals surface area contributed by atoms with Gasteiger partial charge >= 0.3 is 0 Å². The molecule has 4 aliphatic carbocycles. The molecule has 5 fully saturated rings. The summed E-state index contributed by atoms with van der Waals surface area (Å²) in [6.45, 7) is 1.60. The topological polar surface area (TPSA) is 49.4 Å². The van der Waals surface area contributed by atoms with Crippen LogP contribution in [0.25, 0.3) is 0 Å². The van der Waals surface area contributed by atoms with Gasteiger partial charge in [0, 0.05) is 30.4 Å². The van der Waals surface area contributed by atoms with Gasteiger partial charge in [0.2, 0.25) is 11.8 Å². The van der Waals surface area contributed by atoms with Crippen molar-refractivity contribution in [3.05, 3.63) is 22.4 Å². The van der Waals surface area contributed by atoms with Crippen molar-refractivity contribution < 1.29 is 9.59 Å². The molecule has 2 amide bonds. The summed E-state index contributed by atoms with van der Waals surface area (Å²) in [4.78, 5) is 28.5.